The van der Waals surface area contributed by atoms with E-state index in [0.29, 0.717) is 12.1 Å². The zero-order valence-electron chi connectivity index (χ0n) is 13.9. The predicted molar refractivity (Wildman–Crippen MR) is 91.8 cm³/mol. The van der Waals surface area contributed by atoms with Crippen LogP contribution >= 0.6 is 0 Å². The maximum atomic E-state index is 11.9. The molecule has 0 saturated carbocycles. The molecule has 1 heterocycles. The molecule has 0 radical (unpaired) electrons. The van der Waals surface area contributed by atoms with Crippen molar-refractivity contribution in [2.45, 2.75) is 6.54 Å². The molecule has 126 valence electrons. The average molecular weight is 343 g/mol. The van der Waals surface area contributed by atoms with Gasteiger partial charge in [-0.05, 0) is 22.8 Å². The molecule has 0 bridgehead atoms. The summed E-state index contributed by atoms with van der Waals surface area (Å²) in [5, 5.41) is 25.6. The highest BCUT2D eigenvalue weighted by molar-refractivity contribution is 5.97. The van der Waals surface area contributed by atoms with Crippen LogP contribution < -0.4 is 0 Å². The van der Waals surface area contributed by atoms with E-state index < -0.39 is 5.97 Å². The van der Waals surface area contributed by atoms with Crippen molar-refractivity contribution in [3.8, 4) is 23.3 Å². The summed E-state index contributed by atoms with van der Waals surface area (Å²) in [6, 6.07) is 18.5. The number of carbonyl (C=O) groups is 1. The Morgan fingerprint density at radius 2 is 1.85 bits per heavy atom. The van der Waals surface area contributed by atoms with Gasteiger partial charge < -0.3 is 4.74 Å². The highest BCUT2D eigenvalue weighted by Gasteiger charge is 2.14. The number of nitriles is 2. The molecule has 0 atom stereocenters. The first-order valence-electron chi connectivity index (χ1n) is 7.68. The topological polar surface area (TPSA) is 105 Å². The van der Waals surface area contributed by atoms with Crippen molar-refractivity contribution in [1.29, 1.82) is 10.5 Å². The Hall–Kier alpha value is -3.97. The minimum atomic E-state index is -0.394. The monoisotopic (exact) mass is 343 g/mol. The second kappa shape index (κ2) is 7.29. The van der Waals surface area contributed by atoms with Crippen LogP contribution in [0.25, 0.3) is 11.1 Å². The lowest BCUT2D eigenvalue weighted by Gasteiger charge is -2.09. The molecule has 0 amide bonds. The molecule has 0 fully saturated rings. The number of ether oxygens (including phenoxy) is 1. The highest BCUT2D eigenvalue weighted by Crippen LogP contribution is 2.25. The van der Waals surface area contributed by atoms with Crippen molar-refractivity contribution < 1.29 is 9.53 Å². The summed E-state index contributed by atoms with van der Waals surface area (Å²) in [5.41, 5.74) is 3.16. The Balaban J connectivity index is 1.89. The summed E-state index contributed by atoms with van der Waals surface area (Å²) in [5.74, 6) is -0.394. The number of esters is 1. The number of rotatable bonds is 4. The first-order chi connectivity index (χ1) is 12.7. The molecule has 7 nitrogen and oxygen atoms in total. The summed E-state index contributed by atoms with van der Waals surface area (Å²) < 4.78 is 6.21. The fourth-order valence-electron chi connectivity index (χ4n) is 2.60. The molecular weight excluding hydrogens is 330 g/mol. The largest absolute Gasteiger partial charge is 0.465 e. The van der Waals surface area contributed by atoms with Crippen LogP contribution in [0.4, 0.5) is 0 Å². The number of hydrogen-bond acceptors (Lipinski definition) is 6. The van der Waals surface area contributed by atoms with Crippen molar-refractivity contribution in [2.75, 3.05) is 7.11 Å². The van der Waals surface area contributed by atoms with Crippen molar-refractivity contribution in [2.24, 2.45) is 0 Å². The Morgan fingerprint density at radius 1 is 1.12 bits per heavy atom. The number of carbonyl (C=O) groups excluding carboxylic acids is 1. The summed E-state index contributed by atoms with van der Waals surface area (Å²) >= 11 is 0. The first kappa shape index (κ1) is 16.9. The molecule has 2 aromatic carbocycles. The van der Waals surface area contributed by atoms with E-state index in [0.717, 1.165) is 16.7 Å². The van der Waals surface area contributed by atoms with Crippen LogP contribution in [-0.4, -0.2) is 28.1 Å². The van der Waals surface area contributed by atoms with Crippen LogP contribution in [0.3, 0.4) is 0 Å². The fraction of sp³-hybridized carbons (Fsp3) is 0.105. The summed E-state index contributed by atoms with van der Waals surface area (Å²) in [7, 11) is 1.35. The van der Waals surface area contributed by atoms with Gasteiger partial charge in [-0.3, -0.25) is 0 Å². The minimum Gasteiger partial charge on any atom is -0.465 e. The Labute approximate surface area is 149 Å². The first-order valence-corrected chi connectivity index (χ1v) is 7.68. The van der Waals surface area contributed by atoms with E-state index in [1.165, 1.54) is 11.8 Å². The molecule has 0 unspecified atom stereocenters. The van der Waals surface area contributed by atoms with E-state index in [1.807, 2.05) is 48.5 Å². The van der Waals surface area contributed by atoms with Crippen LogP contribution in [0.1, 0.15) is 27.3 Å². The molecule has 1 aromatic heterocycles. The standard InChI is InChI=1S/C19H13N5O2/c1-26-19(25)16-5-3-2-4-15(16)14-8-6-13(7-9-14)12-24-18(11-21)17(10-20)22-23-24/h2-9H,12H2,1H3. The van der Waals surface area contributed by atoms with Gasteiger partial charge in [0.05, 0.1) is 19.2 Å². The molecule has 0 aliphatic rings. The lowest BCUT2D eigenvalue weighted by atomic mass is 9.98. The van der Waals surface area contributed by atoms with Gasteiger partial charge in [-0.2, -0.15) is 10.5 Å². The third kappa shape index (κ3) is 3.14. The van der Waals surface area contributed by atoms with E-state index in [1.54, 1.807) is 12.1 Å². The van der Waals surface area contributed by atoms with Crippen molar-refractivity contribution >= 4 is 5.97 Å². The molecule has 26 heavy (non-hydrogen) atoms. The number of nitrogens with zero attached hydrogens (tertiary/aromatic N) is 5. The molecule has 7 heteroatoms. The van der Waals surface area contributed by atoms with Crippen LogP contribution in [0.15, 0.2) is 48.5 Å². The smallest absolute Gasteiger partial charge is 0.338 e. The zero-order valence-corrected chi connectivity index (χ0v) is 13.9. The molecule has 0 aliphatic carbocycles. The minimum absolute atomic E-state index is 0.0103. The van der Waals surface area contributed by atoms with E-state index in [9.17, 15) is 4.79 Å². The number of hydrogen-bond donors (Lipinski definition) is 0. The molecule has 3 aromatic rings. The van der Waals surface area contributed by atoms with Crippen molar-refractivity contribution in [1.82, 2.24) is 15.0 Å². The molecule has 3 rings (SSSR count). The number of aromatic nitrogens is 3. The Kier molecular flexibility index (Phi) is 4.73. The normalized spacial score (nSPS) is 9.96. The Bertz CT molecular complexity index is 1040. The summed E-state index contributed by atoms with van der Waals surface area (Å²) in [4.78, 5) is 11.9. The zero-order chi connectivity index (χ0) is 18.5. The quantitative estimate of drug-likeness (QED) is 0.674. The lowest BCUT2D eigenvalue weighted by Crippen LogP contribution is -2.05. The number of methoxy groups -OCH3 is 1. The molecular formula is C19H13N5O2. The van der Waals surface area contributed by atoms with Gasteiger partial charge >= 0.3 is 5.97 Å². The molecule has 0 N–H and O–H groups in total. The molecule has 0 saturated heterocycles. The molecule has 0 aliphatic heterocycles. The Morgan fingerprint density at radius 3 is 2.50 bits per heavy atom. The van der Waals surface area contributed by atoms with Crippen molar-refractivity contribution in [3.05, 3.63) is 71.0 Å². The third-order valence-corrected chi connectivity index (χ3v) is 3.88. The summed E-state index contributed by atoms with van der Waals surface area (Å²) in [6.07, 6.45) is 0. The SMILES string of the molecule is COC(=O)c1ccccc1-c1ccc(Cn2nnc(C#N)c2C#N)cc1. The van der Waals surface area contributed by atoms with Gasteiger partial charge in [0.15, 0.2) is 5.69 Å². The van der Waals surface area contributed by atoms with E-state index >= 15 is 0 Å². The lowest BCUT2D eigenvalue weighted by molar-refractivity contribution is 0.0601. The van der Waals surface area contributed by atoms with Gasteiger partial charge in [0, 0.05) is 0 Å². The van der Waals surface area contributed by atoms with Crippen LogP contribution in [0.5, 0.6) is 0 Å². The summed E-state index contributed by atoms with van der Waals surface area (Å²) in [6.45, 7) is 0.316. The van der Waals surface area contributed by atoms with Gasteiger partial charge in [0.1, 0.15) is 12.1 Å². The fourth-order valence-corrected chi connectivity index (χ4v) is 2.60. The van der Waals surface area contributed by atoms with Gasteiger partial charge in [0.25, 0.3) is 0 Å². The predicted octanol–water partition coefficient (Wildman–Crippen LogP) is 2.52. The average Bonchev–Trinajstić information content (AvgIpc) is 3.09. The van der Waals surface area contributed by atoms with Gasteiger partial charge in [-0.15, -0.1) is 5.10 Å². The van der Waals surface area contributed by atoms with Crippen LogP contribution in [0, 0.1) is 22.7 Å². The van der Waals surface area contributed by atoms with Crippen LogP contribution in [0.2, 0.25) is 0 Å². The number of benzene rings is 2. The van der Waals surface area contributed by atoms with Crippen molar-refractivity contribution in [3.63, 3.8) is 0 Å². The van der Waals surface area contributed by atoms with E-state index in [4.69, 9.17) is 15.3 Å². The van der Waals surface area contributed by atoms with E-state index in [-0.39, 0.29) is 11.4 Å². The highest BCUT2D eigenvalue weighted by atomic mass is 16.5. The second-order valence-electron chi connectivity index (χ2n) is 5.40. The van der Waals surface area contributed by atoms with Crippen LogP contribution in [-0.2, 0) is 11.3 Å². The molecule has 0 spiro atoms. The van der Waals surface area contributed by atoms with Gasteiger partial charge in [-0.25, -0.2) is 9.48 Å². The van der Waals surface area contributed by atoms with Gasteiger partial charge in [-0.1, -0.05) is 47.7 Å². The maximum Gasteiger partial charge on any atom is 0.338 e. The maximum absolute atomic E-state index is 11.9. The van der Waals surface area contributed by atoms with E-state index in [2.05, 4.69) is 10.3 Å². The second-order valence-corrected chi connectivity index (χ2v) is 5.40. The third-order valence-electron chi connectivity index (χ3n) is 3.88. The van der Waals surface area contributed by atoms with Gasteiger partial charge in [0.2, 0.25) is 5.69 Å².